The quantitative estimate of drug-likeness (QED) is 0.406. The fourth-order valence-electron chi connectivity index (χ4n) is 2.53. The maximum atomic E-state index is 10.8. The largest absolute Gasteiger partial charge is 0.549 e. The van der Waals surface area contributed by atoms with E-state index in [1.165, 1.54) is 10.4 Å². The first-order valence-electron chi connectivity index (χ1n) is 7.02. The molecule has 0 saturated heterocycles. The molecular weight excluding hydrogens is 356 g/mol. The first-order valence-corrected chi connectivity index (χ1v) is 9.81. The average molecular weight is 368 g/mol. The van der Waals surface area contributed by atoms with Gasteiger partial charge in [-0.3, -0.25) is 0 Å². The van der Waals surface area contributed by atoms with Crippen molar-refractivity contribution in [3.05, 3.63) is 10.4 Å². The third-order valence-electron chi connectivity index (χ3n) is 3.41. The summed E-state index contributed by atoms with van der Waals surface area (Å²) in [6.45, 7) is 0. The lowest BCUT2D eigenvalue weighted by Gasteiger charge is -2.12. The first-order chi connectivity index (χ1) is 11.0. The van der Waals surface area contributed by atoms with Crippen LogP contribution in [0.4, 0.5) is 0 Å². The number of rotatable bonds is 6. The number of aliphatic carboxylic acids is 2. The minimum atomic E-state index is -1.19. The number of carbonyl (C=O) groups is 2. The zero-order valence-electron chi connectivity index (χ0n) is 12.0. The maximum absolute atomic E-state index is 10.8. The lowest BCUT2D eigenvalue weighted by Crippen LogP contribution is -2.24. The Morgan fingerprint density at radius 3 is 2.48 bits per heavy atom. The molecule has 0 unspecified atom stereocenters. The molecule has 0 radical (unpaired) electrons. The molecule has 0 N–H and O–H groups in total. The summed E-state index contributed by atoms with van der Waals surface area (Å²) in [5.41, 5.74) is 1.22. The third kappa shape index (κ3) is 3.78. The second-order valence-corrected chi connectivity index (χ2v) is 8.01. The van der Waals surface area contributed by atoms with Gasteiger partial charge in [0.15, 0.2) is 5.16 Å². The van der Waals surface area contributed by atoms with Crippen LogP contribution in [0.1, 0.15) is 23.3 Å². The summed E-state index contributed by atoms with van der Waals surface area (Å²) in [6.07, 6.45) is 4.19. The molecule has 0 aromatic carbocycles. The van der Waals surface area contributed by atoms with Crippen LogP contribution in [0.2, 0.25) is 0 Å². The van der Waals surface area contributed by atoms with Crippen LogP contribution in [-0.4, -0.2) is 33.4 Å². The van der Waals surface area contributed by atoms with Crippen molar-refractivity contribution >= 4 is 57.0 Å². The molecule has 0 bridgehead atoms. The Labute approximate surface area is 144 Å². The van der Waals surface area contributed by atoms with E-state index in [1.807, 2.05) is 0 Å². The highest BCUT2D eigenvalue weighted by atomic mass is 32.2. The van der Waals surface area contributed by atoms with E-state index in [0.29, 0.717) is 10.2 Å². The number of nitrogens with zero attached hydrogens (tertiary/aromatic N) is 2. The summed E-state index contributed by atoms with van der Waals surface area (Å²) in [6, 6.07) is 0. The zero-order chi connectivity index (χ0) is 16.4. The Morgan fingerprint density at radius 1 is 1.04 bits per heavy atom. The number of aryl methyl sites for hydroxylation is 2. The number of carboxylic acid groups (broad SMARTS) is 2. The van der Waals surface area contributed by atoms with Crippen molar-refractivity contribution in [1.29, 1.82) is 0 Å². The summed E-state index contributed by atoms with van der Waals surface area (Å²) >= 11 is 3.68. The fourth-order valence-corrected chi connectivity index (χ4v) is 5.29. The van der Waals surface area contributed by atoms with E-state index >= 15 is 0 Å². The Kier molecular flexibility index (Phi) is 5.08. The van der Waals surface area contributed by atoms with Gasteiger partial charge in [-0.05, 0) is 31.2 Å². The number of carboxylic acids is 2. The van der Waals surface area contributed by atoms with Crippen molar-refractivity contribution in [3.63, 3.8) is 0 Å². The van der Waals surface area contributed by atoms with Crippen LogP contribution in [0.5, 0.6) is 0 Å². The molecule has 6 nitrogen and oxygen atoms in total. The van der Waals surface area contributed by atoms with E-state index in [4.69, 9.17) is 0 Å². The monoisotopic (exact) mass is 368 g/mol. The van der Waals surface area contributed by atoms with Gasteiger partial charge in [-0.25, -0.2) is 9.97 Å². The SMILES string of the molecule is O=C([O-])CSc1nc(SCC(=O)[O-])c2c3c(sc2n1)CCCC3. The molecule has 2 heterocycles. The molecule has 0 saturated carbocycles. The number of hydrogen-bond donors (Lipinski definition) is 0. The van der Waals surface area contributed by atoms with E-state index in [2.05, 4.69) is 9.97 Å². The Bertz CT molecular complexity index is 775. The van der Waals surface area contributed by atoms with Crippen LogP contribution >= 0.6 is 34.9 Å². The summed E-state index contributed by atoms with van der Waals surface area (Å²) in [5, 5.41) is 23.2. The molecule has 1 aliphatic carbocycles. The van der Waals surface area contributed by atoms with Crippen LogP contribution in [0.15, 0.2) is 10.2 Å². The number of thiophene rings is 1. The molecular formula is C14H12N2O4S3-2. The second kappa shape index (κ2) is 7.06. The van der Waals surface area contributed by atoms with Crippen LogP contribution in [0, 0.1) is 0 Å². The normalized spacial score (nSPS) is 13.9. The molecule has 23 heavy (non-hydrogen) atoms. The summed E-state index contributed by atoms with van der Waals surface area (Å²) in [5.74, 6) is -2.77. The van der Waals surface area contributed by atoms with E-state index in [9.17, 15) is 19.8 Å². The number of fused-ring (bicyclic) bond motifs is 3. The fraction of sp³-hybridized carbons (Fsp3) is 0.429. The number of hydrogen-bond acceptors (Lipinski definition) is 9. The van der Waals surface area contributed by atoms with Crippen LogP contribution in [0.25, 0.3) is 10.2 Å². The molecule has 3 rings (SSSR count). The molecule has 0 spiro atoms. The number of thioether (sulfide) groups is 2. The second-order valence-electron chi connectivity index (χ2n) is 5.02. The van der Waals surface area contributed by atoms with E-state index < -0.39 is 11.9 Å². The molecule has 2 aromatic rings. The van der Waals surface area contributed by atoms with Gasteiger partial charge >= 0.3 is 0 Å². The van der Waals surface area contributed by atoms with Gasteiger partial charge in [-0.15, -0.1) is 11.3 Å². The van der Waals surface area contributed by atoms with Gasteiger partial charge in [-0.2, -0.15) is 0 Å². The molecule has 0 atom stereocenters. The maximum Gasteiger partial charge on any atom is 0.190 e. The average Bonchev–Trinajstić information content (AvgIpc) is 2.89. The van der Waals surface area contributed by atoms with Gasteiger partial charge in [0.1, 0.15) is 9.86 Å². The van der Waals surface area contributed by atoms with Gasteiger partial charge < -0.3 is 19.8 Å². The molecule has 0 amide bonds. The Morgan fingerprint density at radius 2 is 1.74 bits per heavy atom. The van der Waals surface area contributed by atoms with E-state index in [1.54, 1.807) is 11.3 Å². The molecule has 0 fully saturated rings. The highest BCUT2D eigenvalue weighted by molar-refractivity contribution is 8.00. The molecule has 0 aliphatic heterocycles. The molecule has 122 valence electrons. The number of aromatic nitrogens is 2. The standard InChI is InChI=1S/C14H14N2O4S3/c17-9(18)5-21-12-11-7-3-1-2-4-8(7)23-13(11)16-14(15-12)22-6-10(19)20/h1-6H2,(H,17,18)(H,19,20)/p-2. The predicted octanol–water partition coefficient (Wildman–Crippen LogP) is 0.254. The molecule has 9 heteroatoms. The zero-order valence-corrected chi connectivity index (χ0v) is 14.4. The highest BCUT2D eigenvalue weighted by Gasteiger charge is 2.21. The summed E-state index contributed by atoms with van der Waals surface area (Å²) in [7, 11) is 0. The van der Waals surface area contributed by atoms with Crippen molar-refractivity contribution < 1.29 is 19.8 Å². The third-order valence-corrected chi connectivity index (χ3v) is 6.36. The minimum Gasteiger partial charge on any atom is -0.549 e. The van der Waals surface area contributed by atoms with Crippen molar-refractivity contribution in [2.45, 2.75) is 35.9 Å². The topological polar surface area (TPSA) is 106 Å². The lowest BCUT2D eigenvalue weighted by molar-refractivity contribution is -0.302. The smallest absolute Gasteiger partial charge is 0.190 e. The highest BCUT2D eigenvalue weighted by Crippen LogP contribution is 2.40. The minimum absolute atomic E-state index is 0.193. The van der Waals surface area contributed by atoms with Crippen molar-refractivity contribution in [3.8, 4) is 0 Å². The van der Waals surface area contributed by atoms with Crippen LogP contribution < -0.4 is 10.2 Å². The van der Waals surface area contributed by atoms with E-state index in [0.717, 1.165) is 59.4 Å². The Hall–Kier alpha value is -1.32. The van der Waals surface area contributed by atoms with Crippen molar-refractivity contribution in [2.24, 2.45) is 0 Å². The van der Waals surface area contributed by atoms with Gasteiger partial charge in [0.05, 0.1) is 11.9 Å². The van der Waals surface area contributed by atoms with Crippen molar-refractivity contribution in [1.82, 2.24) is 9.97 Å². The van der Waals surface area contributed by atoms with Gasteiger partial charge in [0, 0.05) is 21.8 Å². The number of carbonyl (C=O) groups excluding carboxylic acids is 2. The van der Waals surface area contributed by atoms with Gasteiger partial charge in [0.2, 0.25) is 0 Å². The first kappa shape index (κ1) is 16.5. The van der Waals surface area contributed by atoms with Crippen LogP contribution in [-0.2, 0) is 22.4 Å². The van der Waals surface area contributed by atoms with Crippen LogP contribution in [0.3, 0.4) is 0 Å². The Balaban J connectivity index is 2.03. The van der Waals surface area contributed by atoms with Crippen molar-refractivity contribution in [2.75, 3.05) is 11.5 Å². The predicted molar refractivity (Wildman–Crippen MR) is 85.5 cm³/mol. The molecule has 1 aliphatic rings. The van der Waals surface area contributed by atoms with E-state index in [-0.39, 0.29) is 11.5 Å². The summed E-state index contributed by atoms with van der Waals surface area (Å²) in [4.78, 5) is 32.3. The van der Waals surface area contributed by atoms with Gasteiger partial charge in [0.25, 0.3) is 0 Å². The lowest BCUT2D eigenvalue weighted by atomic mass is 9.97. The summed E-state index contributed by atoms with van der Waals surface area (Å²) < 4.78 is 0. The molecule has 2 aromatic heterocycles. The van der Waals surface area contributed by atoms with Gasteiger partial charge in [-0.1, -0.05) is 23.5 Å².